The fourth-order valence-electron chi connectivity index (χ4n) is 4.79. The van der Waals surface area contributed by atoms with Crippen molar-refractivity contribution in [3.05, 3.63) is 83.1 Å². The van der Waals surface area contributed by atoms with Gasteiger partial charge < -0.3 is 4.90 Å². The summed E-state index contributed by atoms with van der Waals surface area (Å²) in [6.07, 6.45) is 6.39. The number of allylic oxidation sites excluding steroid dienone is 3. The van der Waals surface area contributed by atoms with Gasteiger partial charge in [-0.15, -0.1) is 0 Å². The molecule has 0 unspecified atom stereocenters. The van der Waals surface area contributed by atoms with Gasteiger partial charge in [-0.25, -0.2) is 0 Å². The molecule has 0 atom stereocenters. The fraction of sp³-hybridized carbons (Fsp3) is 0.280. The van der Waals surface area contributed by atoms with E-state index in [-0.39, 0.29) is 11.3 Å². The average Bonchev–Trinajstić information content (AvgIpc) is 3.13. The third-order valence-corrected chi connectivity index (χ3v) is 6.29. The van der Waals surface area contributed by atoms with Gasteiger partial charge >= 0.3 is 0 Å². The van der Waals surface area contributed by atoms with Crippen LogP contribution >= 0.6 is 0 Å². The van der Waals surface area contributed by atoms with E-state index < -0.39 is 0 Å². The molecule has 2 aromatic rings. The molecule has 146 valence electrons. The highest BCUT2D eigenvalue weighted by molar-refractivity contribution is 6.29. The van der Waals surface area contributed by atoms with Gasteiger partial charge in [0, 0.05) is 23.3 Å². The molecule has 0 fully saturated rings. The topological polar surface area (TPSA) is 35.9 Å². The summed E-state index contributed by atoms with van der Waals surface area (Å²) in [5.41, 5.74) is 7.57. The van der Waals surface area contributed by atoms with E-state index in [1.54, 1.807) is 0 Å². The largest absolute Gasteiger partial charge is 0.344 e. The SMILES string of the molecule is CC1=NN(c2ccccc2)C(=O)/C1=C\C=C1\N2CCCc3cccc(c32)C1(C)C. The number of carbonyl (C=O) groups excluding carboxylic acids is 1. The maximum atomic E-state index is 13.0. The number of hydrogen-bond acceptors (Lipinski definition) is 3. The molecule has 0 aromatic heterocycles. The van der Waals surface area contributed by atoms with Gasteiger partial charge in [0.25, 0.3) is 5.91 Å². The number of hydrogen-bond donors (Lipinski definition) is 0. The van der Waals surface area contributed by atoms with Crippen molar-refractivity contribution < 1.29 is 4.79 Å². The number of anilines is 2. The minimum Gasteiger partial charge on any atom is -0.344 e. The number of aryl methyl sites for hydroxylation is 1. The summed E-state index contributed by atoms with van der Waals surface area (Å²) in [5.74, 6) is -0.0711. The van der Waals surface area contributed by atoms with Gasteiger partial charge in [0.1, 0.15) is 0 Å². The van der Waals surface area contributed by atoms with Crippen LogP contribution in [0.3, 0.4) is 0 Å². The summed E-state index contributed by atoms with van der Waals surface area (Å²) in [6.45, 7) is 7.48. The molecule has 3 aliphatic rings. The quantitative estimate of drug-likeness (QED) is 0.687. The van der Waals surface area contributed by atoms with Gasteiger partial charge in [-0.05, 0) is 55.2 Å². The molecule has 2 aromatic carbocycles. The third kappa shape index (κ3) is 2.66. The molecule has 4 nitrogen and oxygen atoms in total. The minimum absolute atomic E-state index is 0.0711. The Morgan fingerprint density at radius 2 is 1.83 bits per heavy atom. The Hall–Kier alpha value is -3.14. The van der Waals surface area contributed by atoms with E-state index in [0.29, 0.717) is 5.57 Å². The van der Waals surface area contributed by atoms with Crippen molar-refractivity contribution in [2.24, 2.45) is 5.10 Å². The Bertz CT molecular complexity index is 1090. The zero-order chi connectivity index (χ0) is 20.2. The number of benzene rings is 2. The lowest BCUT2D eigenvalue weighted by atomic mass is 9.83. The fourth-order valence-corrected chi connectivity index (χ4v) is 4.79. The number of para-hydroxylation sites is 2. The maximum absolute atomic E-state index is 13.0. The Morgan fingerprint density at radius 3 is 2.62 bits per heavy atom. The van der Waals surface area contributed by atoms with Gasteiger partial charge in [0.2, 0.25) is 0 Å². The third-order valence-electron chi connectivity index (χ3n) is 6.29. The molecule has 0 saturated heterocycles. The highest BCUT2D eigenvalue weighted by atomic mass is 16.2. The average molecular weight is 383 g/mol. The zero-order valence-corrected chi connectivity index (χ0v) is 17.1. The molecule has 0 radical (unpaired) electrons. The van der Waals surface area contributed by atoms with Gasteiger partial charge in [-0.2, -0.15) is 10.1 Å². The minimum atomic E-state index is -0.0848. The Kier molecular flexibility index (Phi) is 3.98. The number of nitrogens with zero attached hydrogens (tertiary/aromatic N) is 3. The van der Waals surface area contributed by atoms with Crippen LogP contribution < -0.4 is 9.91 Å². The van der Waals surface area contributed by atoms with Crippen molar-refractivity contribution in [3.63, 3.8) is 0 Å². The van der Waals surface area contributed by atoms with Crippen LogP contribution in [-0.4, -0.2) is 18.2 Å². The molecule has 3 aliphatic heterocycles. The second-order valence-electron chi connectivity index (χ2n) is 8.46. The lowest BCUT2D eigenvalue weighted by Crippen LogP contribution is -2.29. The van der Waals surface area contributed by atoms with Gasteiger partial charge in [0.15, 0.2) is 0 Å². The van der Waals surface area contributed by atoms with E-state index in [1.807, 2.05) is 43.3 Å². The van der Waals surface area contributed by atoms with E-state index in [0.717, 1.165) is 30.8 Å². The molecule has 0 bridgehead atoms. The number of rotatable bonds is 2. The number of carbonyl (C=O) groups is 1. The Morgan fingerprint density at radius 1 is 1.03 bits per heavy atom. The highest BCUT2D eigenvalue weighted by Gasteiger charge is 2.42. The predicted octanol–water partition coefficient (Wildman–Crippen LogP) is 4.96. The molecular formula is C25H25N3O. The van der Waals surface area contributed by atoms with E-state index in [9.17, 15) is 4.79 Å². The first-order chi connectivity index (χ1) is 14.0. The molecular weight excluding hydrogens is 358 g/mol. The summed E-state index contributed by atoms with van der Waals surface area (Å²) in [6, 6.07) is 16.3. The predicted molar refractivity (Wildman–Crippen MR) is 118 cm³/mol. The van der Waals surface area contributed by atoms with E-state index in [1.165, 1.54) is 27.5 Å². The van der Waals surface area contributed by atoms with Crippen molar-refractivity contribution in [3.8, 4) is 0 Å². The summed E-state index contributed by atoms with van der Waals surface area (Å²) in [4.78, 5) is 15.5. The Balaban J connectivity index is 1.53. The van der Waals surface area contributed by atoms with E-state index >= 15 is 0 Å². The molecule has 0 spiro atoms. The summed E-state index contributed by atoms with van der Waals surface area (Å²) < 4.78 is 0. The lowest BCUT2D eigenvalue weighted by Gasteiger charge is -2.30. The van der Waals surface area contributed by atoms with Crippen LogP contribution in [-0.2, 0) is 16.6 Å². The zero-order valence-electron chi connectivity index (χ0n) is 17.1. The number of hydrazone groups is 1. The van der Waals surface area contributed by atoms with Crippen molar-refractivity contribution in [2.75, 3.05) is 16.5 Å². The van der Waals surface area contributed by atoms with Crippen LogP contribution in [0.15, 0.2) is 77.1 Å². The van der Waals surface area contributed by atoms with Crippen molar-refractivity contribution >= 4 is 23.0 Å². The van der Waals surface area contributed by atoms with E-state index in [2.05, 4.69) is 48.1 Å². The second-order valence-corrected chi connectivity index (χ2v) is 8.46. The molecule has 0 N–H and O–H groups in total. The van der Waals surface area contributed by atoms with Crippen LogP contribution in [0.1, 0.15) is 38.3 Å². The first-order valence-electron chi connectivity index (χ1n) is 10.3. The first kappa shape index (κ1) is 17.9. The van der Waals surface area contributed by atoms with E-state index in [4.69, 9.17) is 0 Å². The van der Waals surface area contributed by atoms with Crippen molar-refractivity contribution in [1.82, 2.24) is 0 Å². The Labute approximate surface area is 171 Å². The van der Waals surface area contributed by atoms with Gasteiger partial charge in [-0.1, -0.05) is 50.2 Å². The van der Waals surface area contributed by atoms with Crippen LogP contribution in [0, 0.1) is 0 Å². The van der Waals surface area contributed by atoms with Crippen LogP contribution in [0.25, 0.3) is 0 Å². The standard InChI is InChI=1S/C25H25N3O/c1-17-20(24(29)28(26-17)19-11-5-4-6-12-19)14-15-22-25(2,3)21-13-7-9-18-10-8-16-27(22)23(18)21/h4-7,9,11-15H,8,10,16H2,1-3H3/b20-14-,22-15+. The normalized spacial score (nSPS) is 22.4. The van der Waals surface area contributed by atoms with Crippen molar-refractivity contribution in [1.29, 1.82) is 0 Å². The summed E-state index contributed by atoms with van der Waals surface area (Å²) in [7, 11) is 0. The molecule has 3 heterocycles. The van der Waals surface area contributed by atoms with Gasteiger partial charge in [0.05, 0.1) is 17.0 Å². The van der Waals surface area contributed by atoms with Crippen LogP contribution in [0.4, 0.5) is 11.4 Å². The summed E-state index contributed by atoms with van der Waals surface area (Å²) >= 11 is 0. The van der Waals surface area contributed by atoms with Crippen LogP contribution in [0.2, 0.25) is 0 Å². The second kappa shape index (κ2) is 6.45. The maximum Gasteiger partial charge on any atom is 0.280 e. The first-order valence-corrected chi connectivity index (χ1v) is 10.3. The molecule has 0 saturated carbocycles. The molecule has 0 aliphatic carbocycles. The molecule has 5 rings (SSSR count). The van der Waals surface area contributed by atoms with Crippen LogP contribution in [0.5, 0.6) is 0 Å². The summed E-state index contributed by atoms with van der Waals surface area (Å²) in [5, 5.41) is 5.99. The molecule has 4 heteroatoms. The highest BCUT2D eigenvalue weighted by Crippen LogP contribution is 2.51. The van der Waals surface area contributed by atoms with Gasteiger partial charge in [-0.3, -0.25) is 4.79 Å². The lowest BCUT2D eigenvalue weighted by molar-refractivity contribution is -0.114. The monoisotopic (exact) mass is 383 g/mol. The number of amides is 1. The molecule has 29 heavy (non-hydrogen) atoms. The smallest absolute Gasteiger partial charge is 0.280 e. The molecule has 1 amide bonds. The van der Waals surface area contributed by atoms with Crippen molar-refractivity contribution in [2.45, 2.75) is 39.0 Å².